The van der Waals surface area contributed by atoms with Gasteiger partial charge in [-0.1, -0.05) is 0 Å². The number of carbonyl (C=O) groups is 1. The number of pyridine rings is 1. The van der Waals surface area contributed by atoms with Crippen LogP contribution in [0.4, 0.5) is 0 Å². The van der Waals surface area contributed by atoms with Crippen molar-refractivity contribution < 1.29 is 14.6 Å². The van der Waals surface area contributed by atoms with Gasteiger partial charge in [0.2, 0.25) is 5.88 Å². The highest BCUT2D eigenvalue weighted by Crippen LogP contribution is 2.41. The van der Waals surface area contributed by atoms with Crippen LogP contribution in [0.5, 0.6) is 5.88 Å². The first-order valence-corrected chi connectivity index (χ1v) is 10.0. The molecule has 5 rings (SSSR count). The molecule has 2 fully saturated rings. The highest BCUT2D eigenvalue weighted by molar-refractivity contribution is 5.97. The van der Waals surface area contributed by atoms with E-state index < -0.39 is 6.10 Å². The van der Waals surface area contributed by atoms with Crippen molar-refractivity contribution in [3.8, 4) is 5.88 Å². The molecule has 0 spiro atoms. The lowest BCUT2D eigenvalue weighted by atomic mass is 9.77. The Bertz CT molecular complexity index is 884. The van der Waals surface area contributed by atoms with Crippen LogP contribution in [0, 0.1) is 11.8 Å². The monoisotopic (exact) mass is 383 g/mol. The van der Waals surface area contributed by atoms with Crippen LogP contribution in [0.25, 0.3) is 0 Å². The number of hydrogen-bond acceptors (Lipinski definition) is 6. The van der Waals surface area contributed by atoms with Crippen molar-refractivity contribution in [2.45, 2.75) is 44.2 Å². The largest absolute Gasteiger partial charge is 0.480 e. The number of aromatic nitrogens is 4. The number of aryl methyl sites for hydroxylation is 2. The second kappa shape index (κ2) is 6.84. The normalized spacial score (nSPS) is 28.9. The van der Waals surface area contributed by atoms with Crippen molar-refractivity contribution in [1.82, 2.24) is 24.6 Å². The maximum absolute atomic E-state index is 13.3. The molecule has 2 aromatic rings. The third-order valence-corrected chi connectivity index (χ3v) is 6.61. The predicted octanol–water partition coefficient (Wildman–Crippen LogP) is 1.25. The van der Waals surface area contributed by atoms with Gasteiger partial charge in [-0.25, -0.2) is 14.6 Å². The van der Waals surface area contributed by atoms with Gasteiger partial charge in [0.1, 0.15) is 18.2 Å². The minimum Gasteiger partial charge on any atom is -0.480 e. The molecule has 8 heteroatoms. The van der Waals surface area contributed by atoms with E-state index in [0.29, 0.717) is 42.8 Å². The zero-order valence-electron chi connectivity index (χ0n) is 16.0. The van der Waals surface area contributed by atoms with Gasteiger partial charge in [0, 0.05) is 18.8 Å². The van der Waals surface area contributed by atoms with E-state index in [1.165, 1.54) is 11.9 Å². The number of carbonyl (C=O) groups excluding carboxylic acids is 1. The standard InChI is InChI=1S/C20H25N5O3/c1-28-19-15(5-12-3-2-4-16(12)23-19)20(27)24-8-13-6-17(25-11-21-10-22-25)18(26)7-14(13)9-24/h5,10-11,13-14,17-18,26H,2-4,6-9H2,1H3/t13-,14+,17-,18-/m1/s1. The van der Waals surface area contributed by atoms with Gasteiger partial charge in [-0.05, 0) is 55.6 Å². The van der Waals surface area contributed by atoms with Crippen molar-refractivity contribution in [3.05, 3.63) is 35.5 Å². The van der Waals surface area contributed by atoms with Crippen molar-refractivity contribution in [1.29, 1.82) is 0 Å². The average Bonchev–Trinajstić information content (AvgIpc) is 3.44. The fraction of sp³-hybridized carbons (Fsp3) is 0.600. The number of likely N-dealkylation sites (tertiary alicyclic amines) is 1. The van der Waals surface area contributed by atoms with Gasteiger partial charge >= 0.3 is 0 Å². The summed E-state index contributed by atoms with van der Waals surface area (Å²) in [4.78, 5) is 23.8. The van der Waals surface area contributed by atoms with Gasteiger partial charge in [-0.15, -0.1) is 0 Å². The summed E-state index contributed by atoms with van der Waals surface area (Å²) in [7, 11) is 1.57. The quantitative estimate of drug-likeness (QED) is 0.858. The van der Waals surface area contributed by atoms with Crippen LogP contribution < -0.4 is 4.74 Å². The maximum Gasteiger partial charge on any atom is 0.259 e. The van der Waals surface area contributed by atoms with E-state index in [-0.39, 0.29) is 11.9 Å². The molecule has 0 unspecified atom stereocenters. The van der Waals surface area contributed by atoms with Gasteiger partial charge < -0.3 is 14.7 Å². The Morgan fingerprint density at radius 3 is 2.82 bits per heavy atom. The molecule has 2 aromatic heterocycles. The summed E-state index contributed by atoms with van der Waals surface area (Å²) in [5.74, 6) is 1.09. The maximum atomic E-state index is 13.3. The lowest BCUT2D eigenvalue weighted by Crippen LogP contribution is -2.36. The summed E-state index contributed by atoms with van der Waals surface area (Å²) in [5.41, 5.74) is 2.79. The van der Waals surface area contributed by atoms with Crippen LogP contribution in [-0.2, 0) is 12.8 Å². The highest BCUT2D eigenvalue weighted by atomic mass is 16.5. The minimum absolute atomic E-state index is 0.0137. The average molecular weight is 383 g/mol. The molecule has 8 nitrogen and oxygen atoms in total. The Morgan fingerprint density at radius 1 is 1.25 bits per heavy atom. The molecule has 1 aliphatic heterocycles. The number of fused-ring (bicyclic) bond motifs is 2. The molecule has 2 aliphatic carbocycles. The fourth-order valence-corrected chi connectivity index (χ4v) is 5.18. The number of amides is 1. The second-order valence-electron chi connectivity index (χ2n) is 8.22. The molecule has 3 aliphatic rings. The molecule has 0 aromatic carbocycles. The molecule has 1 amide bonds. The number of aliphatic hydroxyl groups is 1. The van der Waals surface area contributed by atoms with Gasteiger partial charge in [0.05, 0.1) is 19.3 Å². The number of hydrogen-bond donors (Lipinski definition) is 1. The van der Waals surface area contributed by atoms with Crippen LogP contribution in [0.1, 0.15) is 46.9 Å². The third-order valence-electron chi connectivity index (χ3n) is 6.61. The summed E-state index contributed by atoms with van der Waals surface area (Å²) in [6.07, 6.45) is 7.19. The summed E-state index contributed by atoms with van der Waals surface area (Å²) in [6.45, 7) is 1.37. The van der Waals surface area contributed by atoms with Crippen molar-refractivity contribution in [2.75, 3.05) is 20.2 Å². The molecule has 1 saturated heterocycles. The van der Waals surface area contributed by atoms with Crippen LogP contribution in [0.15, 0.2) is 18.7 Å². The fourth-order valence-electron chi connectivity index (χ4n) is 5.18. The molecular weight excluding hydrogens is 358 g/mol. The van der Waals surface area contributed by atoms with Crippen LogP contribution in [0.3, 0.4) is 0 Å². The lowest BCUT2D eigenvalue weighted by molar-refractivity contribution is 0.0304. The third kappa shape index (κ3) is 2.87. The van der Waals surface area contributed by atoms with Crippen LogP contribution in [-0.4, -0.2) is 62.0 Å². The zero-order valence-corrected chi connectivity index (χ0v) is 16.0. The molecule has 4 atom stereocenters. The molecule has 1 saturated carbocycles. The van der Waals surface area contributed by atoms with Crippen LogP contribution >= 0.6 is 0 Å². The Kier molecular flexibility index (Phi) is 4.30. The Morgan fingerprint density at radius 2 is 2.07 bits per heavy atom. The summed E-state index contributed by atoms with van der Waals surface area (Å²) < 4.78 is 7.18. The van der Waals surface area contributed by atoms with Gasteiger partial charge in [0.15, 0.2) is 0 Å². The highest BCUT2D eigenvalue weighted by Gasteiger charge is 2.44. The van der Waals surface area contributed by atoms with Gasteiger partial charge in [-0.3, -0.25) is 4.79 Å². The van der Waals surface area contributed by atoms with Gasteiger partial charge in [0.25, 0.3) is 5.91 Å². The van der Waals surface area contributed by atoms with E-state index in [9.17, 15) is 9.90 Å². The van der Waals surface area contributed by atoms with E-state index in [2.05, 4.69) is 15.1 Å². The lowest BCUT2D eigenvalue weighted by Gasteiger charge is -2.34. The zero-order chi connectivity index (χ0) is 19.3. The molecule has 1 N–H and O–H groups in total. The predicted molar refractivity (Wildman–Crippen MR) is 100.0 cm³/mol. The smallest absolute Gasteiger partial charge is 0.259 e. The summed E-state index contributed by atoms with van der Waals surface area (Å²) >= 11 is 0. The summed E-state index contributed by atoms with van der Waals surface area (Å²) in [6, 6.07) is 1.90. The van der Waals surface area contributed by atoms with Crippen LogP contribution in [0.2, 0.25) is 0 Å². The number of nitrogens with zero attached hydrogens (tertiary/aromatic N) is 5. The van der Waals surface area contributed by atoms with Crippen molar-refractivity contribution in [2.24, 2.45) is 11.8 Å². The molecule has 148 valence electrons. The van der Waals surface area contributed by atoms with Crippen molar-refractivity contribution in [3.63, 3.8) is 0 Å². The molecule has 28 heavy (non-hydrogen) atoms. The first-order chi connectivity index (χ1) is 13.6. The Balaban J connectivity index is 1.36. The second-order valence-corrected chi connectivity index (χ2v) is 8.22. The summed E-state index contributed by atoms with van der Waals surface area (Å²) in [5, 5.41) is 14.8. The molecular formula is C20H25N5O3. The first-order valence-electron chi connectivity index (χ1n) is 10.0. The molecule has 3 heterocycles. The van der Waals surface area contributed by atoms with E-state index in [0.717, 1.165) is 31.4 Å². The number of aliphatic hydroxyl groups excluding tert-OH is 1. The molecule has 0 bridgehead atoms. The Hall–Kier alpha value is -2.48. The topological polar surface area (TPSA) is 93.4 Å². The molecule has 0 radical (unpaired) electrons. The van der Waals surface area contributed by atoms with Crippen molar-refractivity contribution >= 4 is 5.91 Å². The van der Waals surface area contributed by atoms with E-state index in [1.54, 1.807) is 18.1 Å². The SMILES string of the molecule is COc1nc2c(cc1C(=O)N1C[C@H]3C[C@@H](n4cncn4)[C@H](O)C[C@H]3C1)CCC2. The van der Waals surface area contributed by atoms with E-state index in [1.807, 2.05) is 11.0 Å². The first kappa shape index (κ1) is 17.6. The number of methoxy groups -OCH3 is 1. The number of ether oxygens (including phenoxy) is 1. The number of rotatable bonds is 3. The van der Waals surface area contributed by atoms with E-state index >= 15 is 0 Å². The van der Waals surface area contributed by atoms with E-state index in [4.69, 9.17) is 4.74 Å². The minimum atomic E-state index is -0.464. The van der Waals surface area contributed by atoms with Gasteiger partial charge in [-0.2, -0.15) is 5.10 Å². The Labute approximate surface area is 163 Å².